The summed E-state index contributed by atoms with van der Waals surface area (Å²) in [5, 5.41) is 4.58. The Morgan fingerprint density at radius 2 is 1.62 bits per heavy atom. The van der Waals surface area contributed by atoms with Crippen molar-refractivity contribution in [2.45, 2.75) is 19.9 Å². The zero-order chi connectivity index (χ0) is 22.2. The molecule has 0 fully saturated rings. The Bertz CT molecular complexity index is 1490. The maximum Gasteiger partial charge on any atom is 0.267 e. The van der Waals surface area contributed by atoms with E-state index in [1.807, 2.05) is 73.0 Å². The van der Waals surface area contributed by atoms with Crippen molar-refractivity contribution >= 4 is 16.9 Å². The largest absolute Gasteiger partial charge is 0.381 e. The van der Waals surface area contributed by atoms with E-state index in [2.05, 4.69) is 10.1 Å². The number of nitrogens with zero attached hydrogens (tertiary/aromatic N) is 6. The van der Waals surface area contributed by atoms with Crippen LogP contribution in [0.5, 0.6) is 0 Å². The third kappa shape index (κ3) is 3.31. The second kappa shape index (κ2) is 7.73. The number of hydrogen-bond donors (Lipinski definition) is 1. The number of fused-ring (bicyclic) bond motifs is 1. The minimum atomic E-state index is -0.172. The molecule has 3 aromatic heterocycles. The van der Waals surface area contributed by atoms with Gasteiger partial charge in [-0.05, 0) is 32.0 Å². The Balaban J connectivity index is 1.80. The number of nitrogens with two attached hydrogens (primary N) is 1. The lowest BCUT2D eigenvalue weighted by Gasteiger charge is -2.15. The summed E-state index contributed by atoms with van der Waals surface area (Å²) in [5.74, 6) is 0.727. The van der Waals surface area contributed by atoms with Crippen molar-refractivity contribution in [1.82, 2.24) is 29.3 Å². The van der Waals surface area contributed by atoms with E-state index in [9.17, 15) is 4.79 Å². The Hall–Kier alpha value is -4.33. The predicted molar refractivity (Wildman–Crippen MR) is 124 cm³/mol. The van der Waals surface area contributed by atoms with Crippen molar-refractivity contribution in [2.24, 2.45) is 0 Å². The summed E-state index contributed by atoms with van der Waals surface area (Å²) in [5.41, 5.74) is 10.4. The van der Waals surface area contributed by atoms with Gasteiger partial charge < -0.3 is 5.73 Å². The van der Waals surface area contributed by atoms with E-state index in [1.165, 1.54) is 10.7 Å². The summed E-state index contributed by atoms with van der Waals surface area (Å²) in [7, 11) is 0. The molecule has 0 spiro atoms. The third-order valence-electron chi connectivity index (χ3n) is 5.19. The van der Waals surface area contributed by atoms with Gasteiger partial charge in [-0.15, -0.1) is 0 Å². The molecule has 0 radical (unpaired) electrons. The molecule has 5 rings (SSSR count). The van der Waals surface area contributed by atoms with E-state index in [0.29, 0.717) is 22.9 Å². The van der Waals surface area contributed by atoms with Gasteiger partial charge in [-0.1, -0.05) is 42.5 Å². The van der Waals surface area contributed by atoms with E-state index in [4.69, 9.17) is 15.7 Å². The first kappa shape index (κ1) is 19.6. The molecule has 0 bridgehead atoms. The zero-order valence-corrected chi connectivity index (χ0v) is 17.7. The molecule has 2 N–H and O–H groups in total. The van der Waals surface area contributed by atoms with Crippen molar-refractivity contribution in [2.75, 3.05) is 5.73 Å². The van der Waals surface area contributed by atoms with Crippen LogP contribution in [0.15, 0.2) is 77.9 Å². The van der Waals surface area contributed by atoms with Crippen molar-refractivity contribution in [3.8, 4) is 28.5 Å². The fraction of sp³-hybridized carbons (Fsp3) is 0.125. The number of para-hydroxylation sites is 2. The lowest BCUT2D eigenvalue weighted by Crippen LogP contribution is -2.24. The van der Waals surface area contributed by atoms with Gasteiger partial charge in [0.05, 0.1) is 17.1 Å². The van der Waals surface area contributed by atoms with Gasteiger partial charge in [0.1, 0.15) is 23.4 Å². The summed E-state index contributed by atoms with van der Waals surface area (Å²) in [6, 6.07) is 20.5. The van der Waals surface area contributed by atoms with Crippen LogP contribution in [-0.4, -0.2) is 29.3 Å². The van der Waals surface area contributed by atoms with Crippen LogP contribution in [0.2, 0.25) is 0 Å². The summed E-state index contributed by atoms with van der Waals surface area (Å²) >= 11 is 0. The smallest absolute Gasteiger partial charge is 0.267 e. The first-order valence-electron chi connectivity index (χ1n) is 10.3. The van der Waals surface area contributed by atoms with Gasteiger partial charge in [-0.3, -0.25) is 9.36 Å². The van der Waals surface area contributed by atoms with Crippen LogP contribution in [0.3, 0.4) is 0 Å². The second-order valence-corrected chi connectivity index (χ2v) is 7.69. The van der Waals surface area contributed by atoms with Crippen LogP contribution in [0.25, 0.3) is 39.5 Å². The number of anilines is 1. The molecule has 2 aromatic carbocycles. The average molecular weight is 423 g/mol. The SMILES string of the molecule is CC(C)n1nc(-c2nc(-n3cnc4ccccc43)c(N)nc2-c2ccccc2)ccc1=O. The number of hydrogen-bond acceptors (Lipinski definition) is 6. The fourth-order valence-corrected chi connectivity index (χ4v) is 3.64. The average Bonchev–Trinajstić information content (AvgIpc) is 3.24. The highest BCUT2D eigenvalue weighted by Gasteiger charge is 2.19. The molecule has 0 unspecified atom stereocenters. The molecule has 8 nitrogen and oxygen atoms in total. The van der Waals surface area contributed by atoms with Crippen LogP contribution in [0, 0.1) is 0 Å². The quantitative estimate of drug-likeness (QED) is 0.470. The molecule has 0 saturated heterocycles. The molecule has 0 aliphatic rings. The molecular formula is C24H21N7O. The van der Waals surface area contributed by atoms with Gasteiger partial charge in [0, 0.05) is 11.6 Å². The molecule has 3 heterocycles. The van der Waals surface area contributed by atoms with E-state index >= 15 is 0 Å². The lowest BCUT2D eigenvalue weighted by atomic mass is 10.1. The van der Waals surface area contributed by atoms with E-state index in [-0.39, 0.29) is 17.4 Å². The van der Waals surface area contributed by atoms with Crippen LogP contribution in [0.4, 0.5) is 5.82 Å². The molecule has 32 heavy (non-hydrogen) atoms. The van der Waals surface area contributed by atoms with Crippen molar-refractivity contribution in [3.63, 3.8) is 0 Å². The number of aromatic nitrogens is 6. The summed E-state index contributed by atoms with van der Waals surface area (Å²) < 4.78 is 3.25. The van der Waals surface area contributed by atoms with Gasteiger partial charge >= 0.3 is 0 Å². The number of benzene rings is 2. The molecule has 0 amide bonds. The predicted octanol–water partition coefficient (Wildman–Crippen LogP) is 3.87. The maximum absolute atomic E-state index is 12.3. The molecule has 0 aliphatic heterocycles. The number of rotatable bonds is 4. The van der Waals surface area contributed by atoms with Gasteiger partial charge in [-0.2, -0.15) is 5.10 Å². The molecular weight excluding hydrogens is 402 g/mol. The lowest BCUT2D eigenvalue weighted by molar-refractivity contribution is 0.504. The normalized spacial score (nSPS) is 11.3. The highest BCUT2D eigenvalue weighted by molar-refractivity contribution is 5.81. The van der Waals surface area contributed by atoms with Crippen LogP contribution >= 0.6 is 0 Å². The van der Waals surface area contributed by atoms with Gasteiger partial charge in [0.15, 0.2) is 11.6 Å². The Kier molecular flexibility index (Phi) is 4.74. The molecule has 5 aromatic rings. The molecule has 0 atom stereocenters. The van der Waals surface area contributed by atoms with Crippen LogP contribution in [0.1, 0.15) is 19.9 Å². The van der Waals surface area contributed by atoms with Crippen LogP contribution < -0.4 is 11.3 Å². The summed E-state index contributed by atoms with van der Waals surface area (Å²) in [6.07, 6.45) is 1.68. The molecule has 0 aliphatic carbocycles. The third-order valence-corrected chi connectivity index (χ3v) is 5.19. The fourth-order valence-electron chi connectivity index (χ4n) is 3.64. The Labute approximate surface area is 184 Å². The molecule has 158 valence electrons. The van der Waals surface area contributed by atoms with Gasteiger partial charge in [-0.25, -0.2) is 19.6 Å². The molecule has 8 heteroatoms. The van der Waals surface area contributed by atoms with Crippen LogP contribution in [-0.2, 0) is 0 Å². The summed E-state index contributed by atoms with van der Waals surface area (Å²) in [4.78, 5) is 26.3. The van der Waals surface area contributed by atoms with E-state index < -0.39 is 0 Å². The van der Waals surface area contributed by atoms with Crippen molar-refractivity contribution in [3.05, 3.63) is 83.4 Å². The monoisotopic (exact) mass is 423 g/mol. The first-order chi connectivity index (χ1) is 15.5. The highest BCUT2D eigenvalue weighted by Crippen LogP contribution is 2.31. The van der Waals surface area contributed by atoms with Gasteiger partial charge in [0.2, 0.25) is 0 Å². The minimum absolute atomic E-state index is 0.0959. The minimum Gasteiger partial charge on any atom is -0.381 e. The van der Waals surface area contributed by atoms with Gasteiger partial charge in [0.25, 0.3) is 5.56 Å². The highest BCUT2D eigenvalue weighted by atomic mass is 16.1. The number of imidazole rings is 1. The van der Waals surface area contributed by atoms with E-state index in [0.717, 1.165) is 16.6 Å². The van der Waals surface area contributed by atoms with Crippen molar-refractivity contribution in [1.29, 1.82) is 0 Å². The first-order valence-corrected chi connectivity index (χ1v) is 10.3. The standard InChI is InChI=1S/C24H21N7O/c1-15(2)31-20(32)13-12-18(29-31)22-21(16-8-4-3-5-9-16)27-23(25)24(28-22)30-14-26-17-10-6-7-11-19(17)30/h3-15H,1-2H3,(H2,25,27). The van der Waals surface area contributed by atoms with Crippen molar-refractivity contribution < 1.29 is 0 Å². The topological polar surface area (TPSA) is 105 Å². The zero-order valence-electron chi connectivity index (χ0n) is 17.7. The van der Waals surface area contributed by atoms with E-state index in [1.54, 1.807) is 12.4 Å². The summed E-state index contributed by atoms with van der Waals surface area (Å²) in [6.45, 7) is 3.82. The molecule has 0 saturated carbocycles. The Morgan fingerprint density at radius 1 is 0.875 bits per heavy atom. The second-order valence-electron chi connectivity index (χ2n) is 7.69. The maximum atomic E-state index is 12.3. The Morgan fingerprint density at radius 3 is 2.41 bits per heavy atom. The number of nitrogen functional groups attached to an aromatic ring is 1.